The number of aliphatic carboxylic acids is 1. The molecule has 3 nitrogen and oxygen atoms in total. The van der Waals surface area contributed by atoms with Gasteiger partial charge in [0.25, 0.3) is 0 Å². The molecular formula is C15H15Cl2NO2S. The molecule has 1 heterocycles. The Morgan fingerprint density at radius 3 is 2.71 bits per heavy atom. The van der Waals surface area contributed by atoms with Crippen LogP contribution >= 0.6 is 34.5 Å². The zero-order valence-electron chi connectivity index (χ0n) is 11.2. The minimum atomic E-state index is -0.755. The summed E-state index contributed by atoms with van der Waals surface area (Å²) in [6.07, 6.45) is 0.840. The molecule has 0 aliphatic carbocycles. The minimum Gasteiger partial charge on any atom is -0.481 e. The van der Waals surface area contributed by atoms with Gasteiger partial charge in [0.1, 0.15) is 0 Å². The Bertz CT molecular complexity index is 628. The van der Waals surface area contributed by atoms with E-state index in [0.717, 1.165) is 17.0 Å². The number of carboxylic acid groups (broad SMARTS) is 1. The lowest BCUT2D eigenvalue weighted by atomic mass is 10.2. The summed E-state index contributed by atoms with van der Waals surface area (Å²) in [6, 6.07) is 9.72. The van der Waals surface area contributed by atoms with Crippen molar-refractivity contribution in [2.24, 2.45) is 0 Å². The lowest BCUT2D eigenvalue weighted by Crippen LogP contribution is -2.14. The van der Waals surface area contributed by atoms with Gasteiger partial charge in [-0.15, -0.1) is 11.3 Å². The predicted octanol–water partition coefficient (Wildman–Crippen LogP) is 4.68. The molecule has 0 atom stereocenters. The van der Waals surface area contributed by atoms with Gasteiger partial charge >= 0.3 is 5.97 Å². The highest BCUT2D eigenvalue weighted by atomic mass is 35.5. The molecule has 0 bridgehead atoms. The molecule has 0 radical (unpaired) electrons. The average Bonchev–Trinajstić information content (AvgIpc) is 2.90. The molecule has 1 aromatic heterocycles. The van der Waals surface area contributed by atoms with Crippen molar-refractivity contribution < 1.29 is 9.90 Å². The van der Waals surface area contributed by atoms with Gasteiger partial charge in [-0.1, -0.05) is 29.3 Å². The van der Waals surface area contributed by atoms with E-state index < -0.39 is 5.97 Å². The smallest absolute Gasteiger partial charge is 0.303 e. The molecule has 0 unspecified atom stereocenters. The van der Waals surface area contributed by atoms with E-state index in [1.165, 1.54) is 4.88 Å². The molecule has 0 saturated carbocycles. The minimum absolute atomic E-state index is 0.200. The fraction of sp³-hybridized carbons (Fsp3) is 0.267. The number of nitrogens with one attached hydrogen (secondary N) is 1. The van der Waals surface area contributed by atoms with Crippen LogP contribution in [0.4, 0.5) is 0 Å². The van der Waals surface area contributed by atoms with E-state index in [0.29, 0.717) is 23.0 Å². The van der Waals surface area contributed by atoms with Gasteiger partial charge in [-0.3, -0.25) is 4.79 Å². The van der Waals surface area contributed by atoms with Gasteiger partial charge < -0.3 is 10.4 Å². The Labute approximate surface area is 137 Å². The number of carbonyl (C=O) groups is 1. The molecule has 0 fully saturated rings. The van der Waals surface area contributed by atoms with Crippen LogP contribution in [0.1, 0.15) is 17.7 Å². The Morgan fingerprint density at radius 1 is 1.19 bits per heavy atom. The van der Waals surface area contributed by atoms with E-state index in [1.807, 2.05) is 12.1 Å². The Balaban J connectivity index is 1.89. The van der Waals surface area contributed by atoms with Crippen LogP contribution in [0.25, 0.3) is 10.4 Å². The molecule has 0 aliphatic heterocycles. The third-order valence-electron chi connectivity index (χ3n) is 2.91. The molecular weight excluding hydrogens is 329 g/mol. The zero-order valence-corrected chi connectivity index (χ0v) is 13.6. The van der Waals surface area contributed by atoms with Gasteiger partial charge in [0.15, 0.2) is 0 Å². The highest BCUT2D eigenvalue weighted by molar-refractivity contribution is 7.15. The van der Waals surface area contributed by atoms with Gasteiger partial charge in [0.05, 0.1) is 10.0 Å². The van der Waals surface area contributed by atoms with Crippen LogP contribution in [-0.2, 0) is 11.3 Å². The largest absolute Gasteiger partial charge is 0.481 e. The fourth-order valence-corrected chi connectivity index (χ4v) is 3.13. The van der Waals surface area contributed by atoms with E-state index in [4.69, 9.17) is 28.3 Å². The molecule has 2 N–H and O–H groups in total. The first-order chi connectivity index (χ1) is 10.1. The SMILES string of the molecule is O=C(O)CCCNCc1ccc(-c2ccc(Cl)c(Cl)c2)s1. The quantitative estimate of drug-likeness (QED) is 0.717. The maximum atomic E-state index is 10.4. The normalized spacial score (nSPS) is 10.8. The number of hydrogen-bond acceptors (Lipinski definition) is 3. The van der Waals surface area contributed by atoms with Gasteiger partial charge in [0.2, 0.25) is 0 Å². The highest BCUT2D eigenvalue weighted by Crippen LogP contribution is 2.32. The lowest BCUT2D eigenvalue weighted by Gasteiger charge is -2.02. The van der Waals surface area contributed by atoms with E-state index in [9.17, 15) is 4.79 Å². The summed E-state index contributed by atoms with van der Waals surface area (Å²) in [5.74, 6) is -0.755. The van der Waals surface area contributed by atoms with Crippen LogP contribution in [0.3, 0.4) is 0 Å². The van der Waals surface area contributed by atoms with Crippen molar-refractivity contribution in [3.05, 3.63) is 45.3 Å². The Kier molecular flexibility index (Phi) is 6.06. The maximum Gasteiger partial charge on any atom is 0.303 e. The number of thiophene rings is 1. The maximum absolute atomic E-state index is 10.4. The monoisotopic (exact) mass is 343 g/mol. The first kappa shape index (κ1) is 16.3. The Hall–Kier alpha value is -1.07. The number of benzene rings is 1. The van der Waals surface area contributed by atoms with Crippen molar-refractivity contribution in [1.29, 1.82) is 0 Å². The fourth-order valence-electron chi connectivity index (χ4n) is 1.85. The van der Waals surface area contributed by atoms with Crippen LogP contribution in [-0.4, -0.2) is 17.6 Å². The molecule has 112 valence electrons. The lowest BCUT2D eigenvalue weighted by molar-refractivity contribution is -0.137. The zero-order chi connectivity index (χ0) is 15.2. The number of halogens is 2. The molecule has 0 saturated heterocycles. The molecule has 1 aromatic carbocycles. The standard InChI is InChI=1S/C15H15Cl2NO2S/c16-12-5-3-10(8-13(12)17)14-6-4-11(21-14)9-18-7-1-2-15(19)20/h3-6,8,18H,1-2,7,9H2,(H,19,20). The van der Waals surface area contributed by atoms with Crippen LogP contribution in [0.5, 0.6) is 0 Å². The second-order valence-electron chi connectivity index (χ2n) is 4.57. The van der Waals surface area contributed by atoms with Crippen LogP contribution in [0.2, 0.25) is 10.0 Å². The molecule has 6 heteroatoms. The third kappa shape index (κ3) is 5.00. The molecule has 0 aliphatic rings. The molecule has 2 rings (SSSR count). The first-order valence-corrected chi connectivity index (χ1v) is 8.10. The van der Waals surface area contributed by atoms with Crippen molar-refractivity contribution in [1.82, 2.24) is 5.32 Å². The molecule has 21 heavy (non-hydrogen) atoms. The van der Waals surface area contributed by atoms with Crippen LogP contribution in [0, 0.1) is 0 Å². The van der Waals surface area contributed by atoms with Crippen LogP contribution < -0.4 is 5.32 Å². The van der Waals surface area contributed by atoms with Crippen molar-refractivity contribution in [2.45, 2.75) is 19.4 Å². The van der Waals surface area contributed by atoms with E-state index >= 15 is 0 Å². The number of rotatable bonds is 7. The number of carboxylic acids is 1. The summed E-state index contributed by atoms with van der Waals surface area (Å²) in [4.78, 5) is 12.7. The van der Waals surface area contributed by atoms with Gasteiger partial charge in [-0.2, -0.15) is 0 Å². The second kappa shape index (κ2) is 7.80. The van der Waals surface area contributed by atoms with Crippen molar-refractivity contribution >= 4 is 40.5 Å². The van der Waals surface area contributed by atoms with E-state index in [2.05, 4.69) is 17.4 Å². The second-order valence-corrected chi connectivity index (χ2v) is 6.55. The summed E-state index contributed by atoms with van der Waals surface area (Å²) in [5, 5.41) is 12.9. The molecule has 0 amide bonds. The van der Waals surface area contributed by atoms with E-state index in [-0.39, 0.29) is 6.42 Å². The van der Waals surface area contributed by atoms with Crippen molar-refractivity contribution in [3.63, 3.8) is 0 Å². The molecule has 0 spiro atoms. The predicted molar refractivity (Wildman–Crippen MR) is 88.4 cm³/mol. The van der Waals surface area contributed by atoms with Gasteiger partial charge in [-0.05, 0) is 42.8 Å². The highest BCUT2D eigenvalue weighted by Gasteiger charge is 2.05. The van der Waals surface area contributed by atoms with Gasteiger partial charge in [0, 0.05) is 22.7 Å². The van der Waals surface area contributed by atoms with Crippen molar-refractivity contribution in [3.8, 4) is 10.4 Å². The summed E-state index contributed by atoms with van der Waals surface area (Å²) >= 11 is 13.6. The van der Waals surface area contributed by atoms with Crippen molar-refractivity contribution in [2.75, 3.05) is 6.54 Å². The summed E-state index contributed by atoms with van der Waals surface area (Å²) in [6.45, 7) is 1.44. The number of hydrogen-bond donors (Lipinski definition) is 2. The first-order valence-electron chi connectivity index (χ1n) is 6.53. The Morgan fingerprint density at radius 2 is 2.00 bits per heavy atom. The van der Waals surface area contributed by atoms with Gasteiger partial charge in [-0.25, -0.2) is 0 Å². The average molecular weight is 344 g/mol. The summed E-state index contributed by atoms with van der Waals surface area (Å²) < 4.78 is 0. The molecule has 2 aromatic rings. The topological polar surface area (TPSA) is 49.3 Å². The van der Waals surface area contributed by atoms with E-state index in [1.54, 1.807) is 17.4 Å². The third-order valence-corrected chi connectivity index (χ3v) is 4.78. The summed E-state index contributed by atoms with van der Waals surface area (Å²) in [5.41, 5.74) is 1.05. The summed E-state index contributed by atoms with van der Waals surface area (Å²) in [7, 11) is 0. The van der Waals surface area contributed by atoms with Crippen LogP contribution in [0.15, 0.2) is 30.3 Å².